The minimum atomic E-state index is 0.332. The molecule has 1 aliphatic carbocycles. The Balaban J connectivity index is 2.19. The van der Waals surface area contributed by atoms with Gasteiger partial charge < -0.3 is 10.2 Å². The largest absolute Gasteiger partial charge is 0.315 e. The van der Waals surface area contributed by atoms with Crippen LogP contribution in [0.1, 0.15) is 36.8 Å². The van der Waals surface area contributed by atoms with E-state index in [0.717, 1.165) is 6.42 Å². The van der Waals surface area contributed by atoms with E-state index in [2.05, 4.69) is 62.5 Å². The summed E-state index contributed by atoms with van der Waals surface area (Å²) in [6, 6.07) is 9.47. The van der Waals surface area contributed by atoms with E-state index in [0.29, 0.717) is 11.6 Å². The van der Waals surface area contributed by atoms with Crippen molar-refractivity contribution < 1.29 is 0 Å². The molecule has 0 radical (unpaired) electrons. The third kappa shape index (κ3) is 3.01. The van der Waals surface area contributed by atoms with Gasteiger partial charge in [-0.05, 0) is 52.9 Å². The Morgan fingerprint density at radius 3 is 2.47 bits per heavy atom. The summed E-state index contributed by atoms with van der Waals surface area (Å²) in [6.45, 7) is 2.18. The van der Waals surface area contributed by atoms with Gasteiger partial charge in [0.2, 0.25) is 0 Å². The Bertz CT molecular complexity index is 405. The highest BCUT2D eigenvalue weighted by Crippen LogP contribution is 2.37. The number of aryl methyl sites for hydroxylation is 1. The first-order valence-electron chi connectivity index (χ1n) is 7.49. The smallest absolute Gasteiger partial charge is 0.0359 e. The second-order valence-corrected chi connectivity index (χ2v) is 6.24. The minimum Gasteiger partial charge on any atom is -0.315 e. The lowest BCUT2D eigenvalue weighted by Gasteiger charge is -2.43. The monoisotopic (exact) mass is 260 g/mol. The van der Waals surface area contributed by atoms with Crippen molar-refractivity contribution in [1.29, 1.82) is 0 Å². The third-order valence-electron chi connectivity index (χ3n) is 4.88. The molecular formula is C17H28N2. The van der Waals surface area contributed by atoms with Crippen LogP contribution in [0.3, 0.4) is 0 Å². The van der Waals surface area contributed by atoms with Crippen LogP contribution in [-0.4, -0.2) is 37.6 Å². The quantitative estimate of drug-likeness (QED) is 0.875. The van der Waals surface area contributed by atoms with Crippen molar-refractivity contribution in [1.82, 2.24) is 10.2 Å². The molecule has 0 spiro atoms. The van der Waals surface area contributed by atoms with E-state index in [1.165, 1.54) is 36.8 Å². The Labute approximate surface area is 118 Å². The topological polar surface area (TPSA) is 15.3 Å². The van der Waals surface area contributed by atoms with Crippen molar-refractivity contribution in [3.8, 4) is 0 Å². The molecule has 0 saturated heterocycles. The Morgan fingerprint density at radius 1 is 1.26 bits per heavy atom. The van der Waals surface area contributed by atoms with Crippen molar-refractivity contribution in [2.24, 2.45) is 0 Å². The fourth-order valence-electron chi connectivity index (χ4n) is 3.73. The lowest BCUT2D eigenvalue weighted by atomic mass is 9.83. The number of nitrogens with one attached hydrogen (secondary N) is 1. The Morgan fingerprint density at radius 2 is 1.95 bits per heavy atom. The number of hydrogen-bond donors (Lipinski definition) is 1. The van der Waals surface area contributed by atoms with Gasteiger partial charge in [0.15, 0.2) is 0 Å². The summed E-state index contributed by atoms with van der Waals surface area (Å²) < 4.78 is 0. The van der Waals surface area contributed by atoms with Crippen molar-refractivity contribution in [2.75, 3.05) is 21.1 Å². The standard InChI is InChI=1S/C17H28N2/c1-14-8-7-9-15(12-14)13-16(18-2)17(19(3)4)10-5-6-11-17/h7-9,12,16,18H,5-6,10-11,13H2,1-4H3. The minimum absolute atomic E-state index is 0.332. The molecule has 1 atom stereocenters. The zero-order chi connectivity index (χ0) is 13.9. The normalized spacial score (nSPS) is 19.8. The van der Waals surface area contributed by atoms with E-state index >= 15 is 0 Å². The van der Waals surface area contributed by atoms with Crippen LogP contribution in [0.4, 0.5) is 0 Å². The summed E-state index contributed by atoms with van der Waals surface area (Å²) in [5.74, 6) is 0. The maximum absolute atomic E-state index is 3.59. The molecule has 0 aromatic heterocycles. The number of nitrogens with zero attached hydrogens (tertiary/aromatic N) is 1. The molecule has 1 fully saturated rings. The molecule has 1 aromatic rings. The van der Waals surface area contributed by atoms with E-state index in [4.69, 9.17) is 0 Å². The summed E-state index contributed by atoms with van der Waals surface area (Å²) in [5.41, 5.74) is 3.14. The molecule has 0 heterocycles. The SMILES string of the molecule is CNC(Cc1cccc(C)c1)C1(N(C)C)CCCC1. The van der Waals surface area contributed by atoms with Gasteiger partial charge in [-0.1, -0.05) is 42.7 Å². The molecule has 2 nitrogen and oxygen atoms in total. The first-order valence-corrected chi connectivity index (χ1v) is 7.49. The summed E-state index contributed by atoms with van der Waals surface area (Å²) in [5, 5.41) is 3.59. The highest BCUT2D eigenvalue weighted by atomic mass is 15.2. The molecule has 0 amide bonds. The van der Waals surface area contributed by atoms with Gasteiger partial charge in [-0.3, -0.25) is 0 Å². The number of rotatable bonds is 5. The third-order valence-corrected chi connectivity index (χ3v) is 4.88. The summed E-state index contributed by atoms with van der Waals surface area (Å²) in [4.78, 5) is 2.46. The molecule has 1 unspecified atom stereocenters. The highest BCUT2D eigenvalue weighted by molar-refractivity contribution is 5.24. The van der Waals surface area contributed by atoms with Gasteiger partial charge in [0.25, 0.3) is 0 Å². The predicted molar refractivity (Wildman–Crippen MR) is 82.6 cm³/mol. The van der Waals surface area contributed by atoms with Crippen molar-refractivity contribution in [3.05, 3.63) is 35.4 Å². The second-order valence-electron chi connectivity index (χ2n) is 6.24. The molecule has 19 heavy (non-hydrogen) atoms. The van der Waals surface area contributed by atoms with Crippen molar-refractivity contribution in [3.63, 3.8) is 0 Å². The van der Waals surface area contributed by atoms with Crippen LogP contribution in [0, 0.1) is 6.92 Å². The van der Waals surface area contributed by atoms with Gasteiger partial charge in [-0.15, -0.1) is 0 Å². The van der Waals surface area contributed by atoms with E-state index < -0.39 is 0 Å². The number of benzene rings is 1. The van der Waals surface area contributed by atoms with Crippen molar-refractivity contribution in [2.45, 2.75) is 50.6 Å². The summed E-state index contributed by atoms with van der Waals surface area (Å²) in [7, 11) is 6.60. The van der Waals surface area contributed by atoms with E-state index in [-0.39, 0.29) is 0 Å². The van der Waals surface area contributed by atoms with Gasteiger partial charge in [-0.25, -0.2) is 0 Å². The fourth-order valence-corrected chi connectivity index (χ4v) is 3.73. The zero-order valence-electron chi connectivity index (χ0n) is 12.9. The number of hydrogen-bond acceptors (Lipinski definition) is 2. The molecule has 1 aromatic carbocycles. The van der Waals surface area contributed by atoms with Crippen LogP contribution in [0.25, 0.3) is 0 Å². The van der Waals surface area contributed by atoms with Crippen LogP contribution < -0.4 is 5.32 Å². The molecule has 2 heteroatoms. The number of likely N-dealkylation sites (N-methyl/N-ethyl adjacent to an activating group) is 2. The van der Waals surface area contributed by atoms with Crippen LogP contribution in [-0.2, 0) is 6.42 Å². The molecular weight excluding hydrogens is 232 g/mol. The van der Waals surface area contributed by atoms with Gasteiger partial charge in [-0.2, -0.15) is 0 Å². The van der Waals surface area contributed by atoms with E-state index in [9.17, 15) is 0 Å². The maximum Gasteiger partial charge on any atom is 0.0359 e. The molecule has 2 rings (SSSR count). The Kier molecular flexibility index (Phi) is 4.64. The average Bonchev–Trinajstić information content (AvgIpc) is 2.86. The predicted octanol–water partition coefficient (Wildman–Crippen LogP) is 3.00. The molecule has 0 aliphatic heterocycles. The first kappa shape index (κ1) is 14.5. The first-order chi connectivity index (χ1) is 9.08. The van der Waals surface area contributed by atoms with Crippen LogP contribution in [0.15, 0.2) is 24.3 Å². The lowest BCUT2D eigenvalue weighted by Crippen LogP contribution is -2.57. The lowest BCUT2D eigenvalue weighted by molar-refractivity contribution is 0.108. The van der Waals surface area contributed by atoms with Gasteiger partial charge >= 0.3 is 0 Å². The van der Waals surface area contributed by atoms with Crippen LogP contribution >= 0.6 is 0 Å². The average molecular weight is 260 g/mol. The van der Waals surface area contributed by atoms with Crippen LogP contribution in [0.2, 0.25) is 0 Å². The molecule has 0 bridgehead atoms. The zero-order valence-corrected chi connectivity index (χ0v) is 12.9. The molecule has 106 valence electrons. The fraction of sp³-hybridized carbons (Fsp3) is 0.647. The second kappa shape index (κ2) is 6.06. The van der Waals surface area contributed by atoms with Crippen molar-refractivity contribution >= 4 is 0 Å². The molecule has 1 aliphatic rings. The maximum atomic E-state index is 3.59. The Hall–Kier alpha value is -0.860. The summed E-state index contributed by atoms with van der Waals surface area (Å²) >= 11 is 0. The van der Waals surface area contributed by atoms with E-state index in [1.807, 2.05) is 0 Å². The van der Waals surface area contributed by atoms with E-state index in [1.54, 1.807) is 0 Å². The van der Waals surface area contributed by atoms with Gasteiger partial charge in [0.1, 0.15) is 0 Å². The van der Waals surface area contributed by atoms with Gasteiger partial charge in [0, 0.05) is 11.6 Å². The van der Waals surface area contributed by atoms with Crippen LogP contribution in [0.5, 0.6) is 0 Å². The van der Waals surface area contributed by atoms with Gasteiger partial charge in [0.05, 0.1) is 0 Å². The summed E-state index contributed by atoms with van der Waals surface area (Å²) in [6.07, 6.45) is 6.49. The highest BCUT2D eigenvalue weighted by Gasteiger charge is 2.42. The molecule has 1 saturated carbocycles. The molecule has 1 N–H and O–H groups in total.